The van der Waals surface area contributed by atoms with Gasteiger partial charge in [0.25, 0.3) is 0 Å². The Balaban J connectivity index is 2.17. The lowest BCUT2D eigenvalue weighted by atomic mass is 9.90. The van der Waals surface area contributed by atoms with E-state index in [0.29, 0.717) is 16.9 Å². The number of methoxy groups -OCH3 is 1. The fraction of sp³-hybridized carbons (Fsp3) is 0.136. The van der Waals surface area contributed by atoms with Crippen LogP contribution in [0.1, 0.15) is 17.4 Å². The van der Waals surface area contributed by atoms with Gasteiger partial charge in [-0.05, 0) is 36.8 Å². The Labute approximate surface area is 155 Å². The molecule has 2 N–H and O–H groups in total. The normalized spacial score (nSPS) is 12.6. The van der Waals surface area contributed by atoms with Crippen LogP contribution in [-0.2, 0) is 4.74 Å². The SMILES string of the molecule is COC(O)c1cc(C)ccc1-c1c2ccc(=O)cc-2oc2cc(O)ccc12. The first-order valence-corrected chi connectivity index (χ1v) is 8.49. The minimum atomic E-state index is -1.10. The molecule has 5 heteroatoms. The largest absolute Gasteiger partial charge is 0.508 e. The Bertz CT molecular complexity index is 1180. The van der Waals surface area contributed by atoms with Crippen LogP contribution < -0.4 is 5.43 Å². The molecule has 136 valence electrons. The van der Waals surface area contributed by atoms with Crippen molar-refractivity contribution in [3.05, 3.63) is 75.9 Å². The van der Waals surface area contributed by atoms with E-state index in [-0.39, 0.29) is 11.2 Å². The summed E-state index contributed by atoms with van der Waals surface area (Å²) >= 11 is 0. The van der Waals surface area contributed by atoms with Gasteiger partial charge in [-0.25, -0.2) is 0 Å². The molecule has 0 saturated heterocycles. The molecule has 1 aliphatic carbocycles. The lowest BCUT2D eigenvalue weighted by molar-refractivity contribution is -0.0765. The van der Waals surface area contributed by atoms with Crippen LogP contribution in [0.15, 0.2) is 63.8 Å². The first-order chi connectivity index (χ1) is 13.0. The summed E-state index contributed by atoms with van der Waals surface area (Å²) in [5, 5.41) is 21.0. The van der Waals surface area contributed by atoms with Gasteiger partial charge in [0.15, 0.2) is 11.7 Å². The van der Waals surface area contributed by atoms with Crippen molar-refractivity contribution >= 4 is 11.0 Å². The van der Waals surface area contributed by atoms with Crippen LogP contribution in [0.2, 0.25) is 0 Å². The summed E-state index contributed by atoms with van der Waals surface area (Å²) in [6, 6.07) is 15.2. The summed E-state index contributed by atoms with van der Waals surface area (Å²) in [7, 11) is 1.44. The predicted octanol–water partition coefficient (Wildman–Crippen LogP) is 4.22. The summed E-state index contributed by atoms with van der Waals surface area (Å²) in [6.07, 6.45) is -1.10. The highest BCUT2D eigenvalue weighted by molar-refractivity contribution is 6.02. The lowest BCUT2D eigenvalue weighted by Gasteiger charge is -2.20. The molecule has 5 nitrogen and oxygen atoms in total. The van der Waals surface area contributed by atoms with Gasteiger partial charge < -0.3 is 19.4 Å². The molecule has 0 spiro atoms. The zero-order valence-corrected chi connectivity index (χ0v) is 14.9. The predicted molar refractivity (Wildman–Crippen MR) is 103 cm³/mol. The molecule has 0 aromatic heterocycles. The number of fused-ring (bicyclic) bond motifs is 2. The van der Waals surface area contributed by atoms with Crippen molar-refractivity contribution in [2.24, 2.45) is 0 Å². The third-order valence-electron chi connectivity index (χ3n) is 4.64. The number of rotatable bonds is 3. The maximum absolute atomic E-state index is 11.8. The van der Waals surface area contributed by atoms with Gasteiger partial charge >= 0.3 is 0 Å². The summed E-state index contributed by atoms with van der Waals surface area (Å²) in [6.45, 7) is 1.94. The van der Waals surface area contributed by atoms with Gasteiger partial charge in [0.05, 0.1) is 0 Å². The van der Waals surface area contributed by atoms with Crippen molar-refractivity contribution in [1.82, 2.24) is 0 Å². The van der Waals surface area contributed by atoms with Crippen LogP contribution >= 0.6 is 0 Å². The number of hydrogen-bond acceptors (Lipinski definition) is 5. The Morgan fingerprint density at radius 2 is 1.78 bits per heavy atom. The minimum Gasteiger partial charge on any atom is -0.508 e. The van der Waals surface area contributed by atoms with Gasteiger partial charge in [-0.15, -0.1) is 0 Å². The molecular formula is C22H18O5. The van der Waals surface area contributed by atoms with Crippen LogP contribution in [0.5, 0.6) is 5.75 Å². The molecule has 4 rings (SSSR count). The van der Waals surface area contributed by atoms with E-state index in [0.717, 1.165) is 27.6 Å². The standard InChI is InChI=1S/C22H18O5/c1-12-3-6-15(18(9-12)22(25)26-2)21-16-7-4-13(23)10-19(16)27-20-11-14(24)5-8-17(20)21/h3-11,22-23,25H,1-2H3. The number of ether oxygens (including phenoxy) is 1. The Kier molecular flexibility index (Phi) is 4.18. The number of benzene rings is 3. The molecule has 0 saturated carbocycles. The monoisotopic (exact) mass is 362 g/mol. The third kappa shape index (κ3) is 2.97. The summed E-state index contributed by atoms with van der Waals surface area (Å²) in [5.41, 5.74) is 4.19. The highest BCUT2D eigenvalue weighted by Crippen LogP contribution is 2.43. The van der Waals surface area contributed by atoms with Gasteiger partial charge in [0.1, 0.15) is 17.1 Å². The number of aryl methyl sites for hydroxylation is 1. The number of hydrogen-bond donors (Lipinski definition) is 2. The van der Waals surface area contributed by atoms with E-state index in [1.807, 2.05) is 25.1 Å². The van der Waals surface area contributed by atoms with E-state index in [9.17, 15) is 15.0 Å². The molecule has 1 unspecified atom stereocenters. The second-order valence-electron chi connectivity index (χ2n) is 6.49. The number of aliphatic hydroxyl groups excluding tert-OH is 1. The molecule has 1 heterocycles. The van der Waals surface area contributed by atoms with Gasteiger partial charge in [-0.1, -0.05) is 23.8 Å². The zero-order chi connectivity index (χ0) is 19.1. The van der Waals surface area contributed by atoms with Crippen molar-refractivity contribution in [2.45, 2.75) is 13.2 Å². The van der Waals surface area contributed by atoms with Crippen molar-refractivity contribution in [2.75, 3.05) is 7.11 Å². The van der Waals surface area contributed by atoms with Crippen LogP contribution in [-0.4, -0.2) is 17.3 Å². The van der Waals surface area contributed by atoms with E-state index < -0.39 is 6.29 Å². The van der Waals surface area contributed by atoms with Gasteiger partial charge in [0.2, 0.25) is 0 Å². The van der Waals surface area contributed by atoms with E-state index in [2.05, 4.69) is 0 Å². The third-order valence-corrected chi connectivity index (χ3v) is 4.64. The fourth-order valence-corrected chi connectivity index (χ4v) is 3.39. The van der Waals surface area contributed by atoms with Gasteiger partial charge in [0, 0.05) is 41.3 Å². The Hall–Kier alpha value is -3.15. The topological polar surface area (TPSA) is 79.9 Å². The molecular weight excluding hydrogens is 344 g/mol. The number of aliphatic hydroxyl groups is 1. The molecule has 0 radical (unpaired) electrons. The Morgan fingerprint density at radius 1 is 1.00 bits per heavy atom. The van der Waals surface area contributed by atoms with E-state index in [1.165, 1.54) is 25.3 Å². The molecule has 0 amide bonds. The highest BCUT2D eigenvalue weighted by Gasteiger charge is 2.22. The summed E-state index contributed by atoms with van der Waals surface area (Å²) in [5.74, 6) is 0.477. The quantitative estimate of drug-likeness (QED) is 0.421. The van der Waals surface area contributed by atoms with Crippen LogP contribution in [0, 0.1) is 6.92 Å². The van der Waals surface area contributed by atoms with Crippen molar-refractivity contribution < 1.29 is 19.4 Å². The molecule has 27 heavy (non-hydrogen) atoms. The van der Waals surface area contributed by atoms with Crippen LogP contribution in [0.4, 0.5) is 0 Å². The minimum absolute atomic E-state index is 0.0656. The maximum atomic E-state index is 11.8. The maximum Gasteiger partial charge on any atom is 0.182 e. The molecule has 1 atom stereocenters. The fourth-order valence-electron chi connectivity index (χ4n) is 3.39. The first kappa shape index (κ1) is 17.3. The number of phenols is 1. The second kappa shape index (κ2) is 6.54. The molecule has 2 aliphatic rings. The lowest BCUT2D eigenvalue weighted by Crippen LogP contribution is -2.05. The molecule has 0 fully saturated rings. The van der Waals surface area contributed by atoms with E-state index in [1.54, 1.807) is 18.2 Å². The van der Waals surface area contributed by atoms with Gasteiger partial charge in [-0.2, -0.15) is 0 Å². The van der Waals surface area contributed by atoms with Crippen molar-refractivity contribution in [3.63, 3.8) is 0 Å². The average Bonchev–Trinajstić information content (AvgIpc) is 2.65. The van der Waals surface area contributed by atoms with E-state index >= 15 is 0 Å². The average molecular weight is 362 g/mol. The van der Waals surface area contributed by atoms with Crippen LogP contribution in [0.25, 0.3) is 33.4 Å². The van der Waals surface area contributed by atoms with Gasteiger partial charge in [-0.3, -0.25) is 4.79 Å². The van der Waals surface area contributed by atoms with E-state index in [4.69, 9.17) is 9.15 Å². The number of phenolic OH excluding ortho intramolecular Hbond substituents is 1. The number of aromatic hydroxyl groups is 1. The van der Waals surface area contributed by atoms with Crippen LogP contribution in [0.3, 0.4) is 0 Å². The van der Waals surface area contributed by atoms with Crippen molar-refractivity contribution in [1.29, 1.82) is 0 Å². The molecule has 2 aromatic rings. The molecule has 2 aromatic carbocycles. The Morgan fingerprint density at radius 3 is 2.56 bits per heavy atom. The smallest absolute Gasteiger partial charge is 0.182 e. The second-order valence-corrected chi connectivity index (χ2v) is 6.49. The summed E-state index contributed by atoms with van der Waals surface area (Å²) in [4.78, 5) is 11.8. The highest BCUT2D eigenvalue weighted by atomic mass is 16.6. The molecule has 0 bridgehead atoms. The van der Waals surface area contributed by atoms with Crippen molar-refractivity contribution in [3.8, 4) is 28.2 Å². The zero-order valence-electron chi connectivity index (χ0n) is 14.9. The first-order valence-electron chi connectivity index (χ1n) is 8.49. The summed E-state index contributed by atoms with van der Waals surface area (Å²) < 4.78 is 11.0. The molecule has 1 aliphatic heterocycles.